The lowest BCUT2D eigenvalue weighted by atomic mass is 10.4. The number of nitrogens with zero attached hydrogens (tertiary/aromatic N) is 1. The lowest BCUT2D eigenvalue weighted by molar-refractivity contribution is -0.140. The number of likely N-dealkylation sites (N-methyl/N-ethyl adjacent to an activating group) is 1. The van der Waals surface area contributed by atoms with Crippen molar-refractivity contribution in [1.82, 2.24) is 4.31 Å². The molecule has 0 amide bonds. The summed E-state index contributed by atoms with van der Waals surface area (Å²) in [6.45, 7) is 1.26. The molecule has 90 valence electrons. The number of carbonyl (C=O) groups is 1. The van der Waals surface area contributed by atoms with Crippen molar-refractivity contribution in [2.45, 2.75) is 17.9 Å². The van der Waals surface area contributed by atoms with Crippen LogP contribution in [0, 0.1) is 0 Å². The van der Waals surface area contributed by atoms with E-state index in [0.29, 0.717) is 4.31 Å². The van der Waals surface area contributed by atoms with Crippen LogP contribution in [0.5, 0.6) is 0 Å². The second-order valence-electron chi connectivity index (χ2n) is 3.09. The molecule has 0 fully saturated rings. The molecule has 0 aliphatic carbocycles. The zero-order chi connectivity index (χ0) is 12.5. The van der Waals surface area contributed by atoms with Crippen molar-refractivity contribution in [1.29, 1.82) is 0 Å². The zero-order valence-corrected chi connectivity index (χ0v) is 10.1. The SMILES string of the molecule is C[C@H](C(=O)O)N(C)S(=O)(=O)c1ccoc1Cl. The lowest BCUT2D eigenvalue weighted by Crippen LogP contribution is -2.40. The molecule has 16 heavy (non-hydrogen) atoms. The van der Waals surface area contributed by atoms with Crippen LogP contribution in [0.2, 0.25) is 5.22 Å². The van der Waals surface area contributed by atoms with Gasteiger partial charge in [0.2, 0.25) is 15.2 Å². The Morgan fingerprint density at radius 1 is 1.62 bits per heavy atom. The summed E-state index contributed by atoms with van der Waals surface area (Å²) in [5.74, 6) is -1.24. The number of aliphatic carboxylic acids is 1. The van der Waals surface area contributed by atoms with E-state index in [1.165, 1.54) is 13.0 Å². The molecule has 0 aliphatic heterocycles. The monoisotopic (exact) mass is 267 g/mol. The molecule has 0 aromatic carbocycles. The molecule has 1 aromatic heterocycles. The maximum absolute atomic E-state index is 11.9. The number of carboxylic acid groups (broad SMARTS) is 1. The molecular weight excluding hydrogens is 258 g/mol. The molecule has 0 radical (unpaired) electrons. The average Bonchev–Trinajstić information content (AvgIpc) is 2.62. The van der Waals surface area contributed by atoms with Gasteiger partial charge in [0.1, 0.15) is 10.9 Å². The van der Waals surface area contributed by atoms with Crippen LogP contribution in [0.1, 0.15) is 6.92 Å². The smallest absolute Gasteiger partial charge is 0.321 e. The molecule has 1 rings (SSSR count). The van der Waals surface area contributed by atoms with Crippen LogP contribution in [0.3, 0.4) is 0 Å². The Balaban J connectivity index is 3.13. The summed E-state index contributed by atoms with van der Waals surface area (Å²) in [5.41, 5.74) is 0. The first-order chi connectivity index (χ1) is 7.28. The van der Waals surface area contributed by atoms with Crippen LogP contribution in [0.4, 0.5) is 0 Å². The van der Waals surface area contributed by atoms with Gasteiger partial charge >= 0.3 is 5.97 Å². The zero-order valence-electron chi connectivity index (χ0n) is 8.55. The molecule has 1 aromatic rings. The van der Waals surface area contributed by atoms with Crippen molar-refractivity contribution < 1.29 is 22.7 Å². The van der Waals surface area contributed by atoms with Crippen LogP contribution in [-0.4, -0.2) is 36.9 Å². The van der Waals surface area contributed by atoms with Crippen molar-refractivity contribution in [3.05, 3.63) is 17.5 Å². The van der Waals surface area contributed by atoms with Gasteiger partial charge in [0.25, 0.3) is 0 Å². The maximum atomic E-state index is 11.9. The highest BCUT2D eigenvalue weighted by atomic mass is 35.5. The highest BCUT2D eigenvalue weighted by Crippen LogP contribution is 2.25. The van der Waals surface area contributed by atoms with Crippen molar-refractivity contribution in [2.24, 2.45) is 0 Å². The van der Waals surface area contributed by atoms with Crippen molar-refractivity contribution in [2.75, 3.05) is 7.05 Å². The highest BCUT2D eigenvalue weighted by Gasteiger charge is 2.32. The number of halogens is 1. The van der Waals surface area contributed by atoms with E-state index in [1.54, 1.807) is 0 Å². The quantitative estimate of drug-likeness (QED) is 0.880. The molecule has 8 heteroatoms. The summed E-state index contributed by atoms with van der Waals surface area (Å²) in [6, 6.07) is -0.0149. The van der Waals surface area contributed by atoms with Crippen molar-refractivity contribution in [3.63, 3.8) is 0 Å². The number of hydrogen-bond donors (Lipinski definition) is 1. The number of sulfonamides is 1. The van der Waals surface area contributed by atoms with E-state index < -0.39 is 22.0 Å². The normalized spacial score (nSPS) is 14.0. The number of rotatable bonds is 4. The molecule has 0 bridgehead atoms. The van der Waals surface area contributed by atoms with E-state index in [1.807, 2.05) is 0 Å². The lowest BCUT2D eigenvalue weighted by Gasteiger charge is -2.20. The summed E-state index contributed by atoms with van der Waals surface area (Å²) in [6.07, 6.45) is 1.12. The number of furan rings is 1. The van der Waals surface area contributed by atoms with Crippen LogP contribution in [-0.2, 0) is 14.8 Å². The van der Waals surface area contributed by atoms with E-state index in [4.69, 9.17) is 16.7 Å². The van der Waals surface area contributed by atoms with Gasteiger partial charge in [0.15, 0.2) is 0 Å². The summed E-state index contributed by atoms with van der Waals surface area (Å²) in [7, 11) is -2.78. The first-order valence-corrected chi connectivity index (χ1v) is 6.04. The first kappa shape index (κ1) is 13.0. The average molecular weight is 268 g/mol. The van der Waals surface area contributed by atoms with Gasteiger partial charge in [0.05, 0.1) is 6.26 Å². The Labute approximate surface area is 97.5 Å². The summed E-state index contributed by atoms with van der Waals surface area (Å²) in [4.78, 5) is 10.4. The molecule has 1 atom stereocenters. The fourth-order valence-corrected chi connectivity index (χ4v) is 2.69. The summed E-state index contributed by atoms with van der Waals surface area (Å²) < 4.78 is 29.1. The molecule has 0 spiro atoms. The predicted molar refractivity (Wildman–Crippen MR) is 55.8 cm³/mol. The van der Waals surface area contributed by atoms with Crippen molar-refractivity contribution >= 4 is 27.6 Å². The van der Waals surface area contributed by atoms with Gasteiger partial charge in [-0.25, -0.2) is 8.42 Å². The van der Waals surface area contributed by atoms with E-state index in [-0.39, 0.29) is 10.1 Å². The minimum atomic E-state index is -3.94. The second kappa shape index (κ2) is 4.44. The summed E-state index contributed by atoms with van der Waals surface area (Å²) in [5, 5.41) is 8.43. The first-order valence-electron chi connectivity index (χ1n) is 4.22. The molecule has 1 heterocycles. The number of carboxylic acids is 1. The van der Waals surface area contributed by atoms with E-state index >= 15 is 0 Å². The molecule has 0 unspecified atom stereocenters. The third-order valence-electron chi connectivity index (χ3n) is 2.14. The van der Waals surface area contributed by atoms with Crippen LogP contribution in [0.25, 0.3) is 0 Å². The van der Waals surface area contributed by atoms with Gasteiger partial charge in [-0.3, -0.25) is 4.79 Å². The second-order valence-corrected chi connectivity index (χ2v) is 5.40. The van der Waals surface area contributed by atoms with Gasteiger partial charge < -0.3 is 9.52 Å². The predicted octanol–water partition coefficient (Wildman–Crippen LogP) is 1.03. The van der Waals surface area contributed by atoms with E-state index in [0.717, 1.165) is 13.3 Å². The van der Waals surface area contributed by atoms with Gasteiger partial charge in [-0.2, -0.15) is 4.31 Å². The van der Waals surface area contributed by atoms with Gasteiger partial charge in [-0.1, -0.05) is 0 Å². The van der Waals surface area contributed by atoms with Crippen molar-refractivity contribution in [3.8, 4) is 0 Å². The van der Waals surface area contributed by atoms with Gasteiger partial charge in [-0.15, -0.1) is 0 Å². The Kier molecular flexibility index (Phi) is 3.61. The fraction of sp³-hybridized carbons (Fsp3) is 0.375. The minimum Gasteiger partial charge on any atom is -0.480 e. The third kappa shape index (κ3) is 2.21. The molecule has 0 saturated carbocycles. The van der Waals surface area contributed by atoms with E-state index in [9.17, 15) is 13.2 Å². The highest BCUT2D eigenvalue weighted by molar-refractivity contribution is 7.89. The standard InChI is InChI=1S/C8H10ClNO5S/c1-5(8(11)12)10(2)16(13,14)6-3-4-15-7(6)9/h3-5H,1-2H3,(H,11,12)/t5-/m1/s1. The Morgan fingerprint density at radius 2 is 2.19 bits per heavy atom. The van der Waals surface area contributed by atoms with E-state index in [2.05, 4.69) is 4.42 Å². The number of hydrogen-bond acceptors (Lipinski definition) is 4. The Morgan fingerprint density at radius 3 is 2.56 bits per heavy atom. The third-order valence-corrected chi connectivity index (χ3v) is 4.50. The Hall–Kier alpha value is -1.05. The fourth-order valence-electron chi connectivity index (χ4n) is 0.985. The largest absolute Gasteiger partial charge is 0.480 e. The summed E-state index contributed by atoms with van der Waals surface area (Å²) >= 11 is 5.53. The molecule has 0 saturated heterocycles. The minimum absolute atomic E-state index is 0.246. The molecule has 1 N–H and O–H groups in total. The van der Waals surface area contributed by atoms with Crippen LogP contribution < -0.4 is 0 Å². The molecular formula is C8H10ClNO5S. The Bertz CT molecular complexity index is 494. The van der Waals surface area contributed by atoms with Gasteiger partial charge in [-0.05, 0) is 24.6 Å². The van der Waals surface area contributed by atoms with Crippen LogP contribution in [0.15, 0.2) is 21.6 Å². The van der Waals surface area contributed by atoms with Gasteiger partial charge in [0, 0.05) is 7.05 Å². The topological polar surface area (TPSA) is 87.8 Å². The maximum Gasteiger partial charge on any atom is 0.321 e. The molecule has 0 aliphatic rings. The molecule has 6 nitrogen and oxygen atoms in total. The van der Waals surface area contributed by atoms with Crippen LogP contribution >= 0.6 is 11.6 Å².